The Labute approximate surface area is 109 Å². The molecule has 2 rings (SSSR count). The summed E-state index contributed by atoms with van der Waals surface area (Å²) < 4.78 is 0. The van der Waals surface area contributed by atoms with Crippen LogP contribution in [0.4, 0.5) is 0 Å². The summed E-state index contributed by atoms with van der Waals surface area (Å²) in [6.45, 7) is 5.43. The third-order valence-corrected chi connectivity index (χ3v) is 3.91. The van der Waals surface area contributed by atoms with E-state index in [-0.39, 0.29) is 0 Å². The fourth-order valence-electron chi connectivity index (χ4n) is 2.53. The lowest BCUT2D eigenvalue weighted by Crippen LogP contribution is -2.39. The molecule has 1 aromatic rings. The van der Waals surface area contributed by atoms with Gasteiger partial charge in [0.1, 0.15) is 0 Å². The number of rotatable bonds is 3. The van der Waals surface area contributed by atoms with Crippen molar-refractivity contribution in [3.05, 3.63) is 34.9 Å². The van der Waals surface area contributed by atoms with Crippen molar-refractivity contribution in [1.29, 1.82) is 0 Å². The van der Waals surface area contributed by atoms with E-state index in [1.165, 1.54) is 18.4 Å². The Morgan fingerprint density at radius 2 is 2.12 bits per heavy atom. The number of hydrogen-bond donors (Lipinski definition) is 1. The molecule has 1 saturated heterocycles. The van der Waals surface area contributed by atoms with E-state index in [0.717, 1.165) is 24.7 Å². The molecule has 0 aromatic heterocycles. The lowest BCUT2D eigenvalue weighted by molar-refractivity contribution is 0.166. The van der Waals surface area contributed by atoms with E-state index >= 15 is 0 Å². The topological polar surface area (TPSA) is 29.3 Å². The van der Waals surface area contributed by atoms with Crippen LogP contribution in [0.1, 0.15) is 25.3 Å². The second-order valence-corrected chi connectivity index (χ2v) is 5.54. The summed E-state index contributed by atoms with van der Waals surface area (Å²) in [6, 6.07) is 8.48. The molecule has 0 bridgehead atoms. The largest absolute Gasteiger partial charge is 0.328 e. The molecule has 1 fully saturated rings. The van der Waals surface area contributed by atoms with E-state index in [1.54, 1.807) is 0 Å². The Morgan fingerprint density at radius 1 is 1.41 bits per heavy atom. The smallest absolute Gasteiger partial charge is 0.0409 e. The van der Waals surface area contributed by atoms with Crippen LogP contribution in [0.25, 0.3) is 0 Å². The fraction of sp³-hybridized carbons (Fsp3) is 0.571. The molecule has 94 valence electrons. The van der Waals surface area contributed by atoms with E-state index in [0.29, 0.717) is 12.0 Å². The molecule has 1 aliphatic heterocycles. The van der Waals surface area contributed by atoms with Crippen molar-refractivity contribution in [3.63, 3.8) is 0 Å². The highest BCUT2D eigenvalue weighted by Gasteiger charge is 2.21. The predicted octanol–water partition coefficient (Wildman–Crippen LogP) is 2.90. The van der Waals surface area contributed by atoms with Gasteiger partial charge in [-0.1, -0.05) is 23.7 Å². The van der Waals surface area contributed by atoms with E-state index in [4.69, 9.17) is 17.3 Å². The van der Waals surface area contributed by atoms with E-state index in [2.05, 4.69) is 24.0 Å². The molecular formula is C14H21ClN2. The molecule has 1 atom stereocenters. The van der Waals surface area contributed by atoms with Gasteiger partial charge in [-0.25, -0.2) is 0 Å². The fourth-order valence-corrected chi connectivity index (χ4v) is 2.74. The normalized spacial score (nSPS) is 20.4. The van der Waals surface area contributed by atoms with Crippen LogP contribution in [-0.4, -0.2) is 24.0 Å². The average Bonchev–Trinajstić information content (AvgIpc) is 2.29. The summed E-state index contributed by atoms with van der Waals surface area (Å²) in [7, 11) is 0. The van der Waals surface area contributed by atoms with E-state index < -0.39 is 0 Å². The van der Waals surface area contributed by atoms with Crippen LogP contribution in [0.2, 0.25) is 5.02 Å². The number of nitrogens with two attached hydrogens (primary N) is 1. The quantitative estimate of drug-likeness (QED) is 0.896. The second kappa shape index (κ2) is 5.85. The molecule has 0 saturated carbocycles. The second-order valence-electron chi connectivity index (χ2n) is 5.10. The van der Waals surface area contributed by atoms with E-state index in [1.807, 2.05) is 12.1 Å². The first-order valence-corrected chi connectivity index (χ1v) is 6.75. The number of piperidine rings is 1. The molecule has 1 aromatic carbocycles. The van der Waals surface area contributed by atoms with Gasteiger partial charge in [0.15, 0.2) is 0 Å². The lowest BCUT2D eigenvalue weighted by Gasteiger charge is -2.33. The zero-order valence-corrected chi connectivity index (χ0v) is 11.2. The minimum Gasteiger partial charge on any atom is -0.328 e. The van der Waals surface area contributed by atoms with Crippen molar-refractivity contribution in [1.82, 2.24) is 4.90 Å². The first kappa shape index (κ1) is 12.9. The molecule has 0 aliphatic carbocycles. The molecule has 2 nitrogen and oxygen atoms in total. The maximum atomic E-state index is 5.99. The predicted molar refractivity (Wildman–Crippen MR) is 73.1 cm³/mol. The van der Waals surface area contributed by atoms with Crippen molar-refractivity contribution >= 4 is 11.6 Å². The Balaban J connectivity index is 1.86. The summed E-state index contributed by atoms with van der Waals surface area (Å²) in [6.07, 6.45) is 2.44. The summed E-state index contributed by atoms with van der Waals surface area (Å²) in [4.78, 5) is 2.49. The molecule has 1 unspecified atom stereocenters. The van der Waals surface area contributed by atoms with Crippen LogP contribution in [0.3, 0.4) is 0 Å². The summed E-state index contributed by atoms with van der Waals surface area (Å²) in [5, 5.41) is 0.827. The van der Waals surface area contributed by atoms with Gasteiger partial charge in [0.05, 0.1) is 0 Å². The van der Waals surface area contributed by atoms with Gasteiger partial charge in [-0.05, 0) is 56.5 Å². The first-order valence-electron chi connectivity index (χ1n) is 6.37. The van der Waals surface area contributed by atoms with Crippen LogP contribution in [0.5, 0.6) is 0 Å². The van der Waals surface area contributed by atoms with Crippen molar-refractivity contribution in [2.75, 3.05) is 13.1 Å². The van der Waals surface area contributed by atoms with Crippen LogP contribution in [0, 0.1) is 5.92 Å². The SMILES string of the molecule is CC(N)C1CCN(Cc2cccc(Cl)c2)CC1. The van der Waals surface area contributed by atoms with E-state index in [9.17, 15) is 0 Å². The van der Waals surface area contributed by atoms with Crippen LogP contribution in [-0.2, 0) is 6.54 Å². The monoisotopic (exact) mass is 252 g/mol. The van der Waals surface area contributed by atoms with Crippen molar-refractivity contribution in [2.45, 2.75) is 32.4 Å². The number of halogens is 1. The minimum atomic E-state index is 0.336. The van der Waals surface area contributed by atoms with Gasteiger partial charge < -0.3 is 5.73 Å². The molecule has 0 amide bonds. The Bertz CT molecular complexity index is 357. The Morgan fingerprint density at radius 3 is 2.71 bits per heavy atom. The molecule has 0 radical (unpaired) electrons. The third-order valence-electron chi connectivity index (χ3n) is 3.67. The van der Waals surface area contributed by atoms with Gasteiger partial charge in [-0.2, -0.15) is 0 Å². The van der Waals surface area contributed by atoms with Crippen molar-refractivity contribution in [2.24, 2.45) is 11.7 Å². The van der Waals surface area contributed by atoms with Gasteiger partial charge in [0.25, 0.3) is 0 Å². The van der Waals surface area contributed by atoms with Gasteiger partial charge in [0.2, 0.25) is 0 Å². The molecule has 1 heterocycles. The highest BCUT2D eigenvalue weighted by molar-refractivity contribution is 6.30. The van der Waals surface area contributed by atoms with Gasteiger partial charge >= 0.3 is 0 Å². The van der Waals surface area contributed by atoms with Crippen LogP contribution in [0.15, 0.2) is 24.3 Å². The standard InChI is InChI=1S/C14H21ClN2/c1-11(16)13-5-7-17(8-6-13)10-12-3-2-4-14(15)9-12/h2-4,9,11,13H,5-8,10,16H2,1H3. The van der Waals surface area contributed by atoms with Crippen LogP contribution >= 0.6 is 11.6 Å². The highest BCUT2D eigenvalue weighted by atomic mass is 35.5. The maximum Gasteiger partial charge on any atom is 0.0409 e. The Kier molecular flexibility index (Phi) is 4.43. The molecule has 17 heavy (non-hydrogen) atoms. The third kappa shape index (κ3) is 3.70. The first-order chi connectivity index (χ1) is 8.15. The summed E-state index contributed by atoms with van der Waals surface area (Å²) >= 11 is 5.99. The Hall–Kier alpha value is -0.570. The van der Waals surface area contributed by atoms with Gasteiger partial charge in [0, 0.05) is 17.6 Å². The van der Waals surface area contributed by atoms with Gasteiger partial charge in [-0.15, -0.1) is 0 Å². The zero-order chi connectivity index (χ0) is 12.3. The number of hydrogen-bond acceptors (Lipinski definition) is 2. The number of benzene rings is 1. The lowest BCUT2D eigenvalue weighted by atomic mass is 9.91. The minimum absolute atomic E-state index is 0.336. The molecule has 0 spiro atoms. The van der Waals surface area contributed by atoms with Crippen LogP contribution < -0.4 is 5.73 Å². The molecule has 2 N–H and O–H groups in total. The number of nitrogens with zero attached hydrogens (tertiary/aromatic N) is 1. The summed E-state index contributed by atoms with van der Waals surface area (Å²) in [5.41, 5.74) is 7.25. The highest BCUT2D eigenvalue weighted by Crippen LogP contribution is 2.21. The van der Waals surface area contributed by atoms with Crippen molar-refractivity contribution < 1.29 is 0 Å². The van der Waals surface area contributed by atoms with Crippen molar-refractivity contribution in [3.8, 4) is 0 Å². The average molecular weight is 253 g/mol. The maximum absolute atomic E-state index is 5.99. The molecule has 3 heteroatoms. The summed E-state index contributed by atoms with van der Waals surface area (Å²) in [5.74, 6) is 0.700. The van der Waals surface area contributed by atoms with Gasteiger partial charge in [-0.3, -0.25) is 4.90 Å². The zero-order valence-electron chi connectivity index (χ0n) is 10.4. The molecule has 1 aliphatic rings. The molecular weight excluding hydrogens is 232 g/mol. The number of likely N-dealkylation sites (tertiary alicyclic amines) is 1.